The Balaban J connectivity index is 4.17. The van der Waals surface area contributed by atoms with E-state index in [1.807, 2.05) is 6.92 Å². The fourth-order valence-corrected chi connectivity index (χ4v) is 0.528. The minimum atomic E-state index is -1.25. The number of carboxylic acids is 1. The minimum Gasteiger partial charge on any atom is -0.479 e. The summed E-state index contributed by atoms with van der Waals surface area (Å²) >= 11 is 0. The zero-order chi connectivity index (χ0) is 8.36. The van der Waals surface area contributed by atoms with Crippen LogP contribution in [0.5, 0.6) is 0 Å². The van der Waals surface area contributed by atoms with Gasteiger partial charge in [0.05, 0.1) is 0 Å². The number of rotatable bonds is 3. The molecule has 0 saturated carbocycles. The number of hydrogen-bond donors (Lipinski definition) is 2. The zero-order valence-electron chi connectivity index (χ0n) is 6.59. The van der Waals surface area contributed by atoms with Crippen LogP contribution < -0.4 is 0 Å². The molecule has 0 fully saturated rings. The molecule has 0 amide bonds. The summed E-state index contributed by atoms with van der Waals surface area (Å²) in [5.74, 6) is -1.15. The fraction of sp³-hybridized carbons (Fsp3) is 0.857. The molecule has 3 heteroatoms. The standard InChI is InChI=1S/C7H14O3/c1-4-7(2,3)5(8)6(9)10/h5,8H,4H2,1-3H3,(H,9,10). The monoisotopic (exact) mass is 146 g/mol. The van der Waals surface area contributed by atoms with E-state index in [9.17, 15) is 4.79 Å². The Morgan fingerprint density at radius 3 is 2.10 bits per heavy atom. The molecule has 0 aliphatic heterocycles. The molecule has 0 rings (SSSR count). The molecule has 3 nitrogen and oxygen atoms in total. The van der Waals surface area contributed by atoms with Crippen LogP contribution in [0.15, 0.2) is 0 Å². The average molecular weight is 146 g/mol. The molecule has 0 heterocycles. The highest BCUT2D eigenvalue weighted by Crippen LogP contribution is 2.24. The van der Waals surface area contributed by atoms with Crippen LogP contribution in [0.25, 0.3) is 0 Å². The van der Waals surface area contributed by atoms with Crippen molar-refractivity contribution in [2.75, 3.05) is 0 Å². The third-order valence-electron chi connectivity index (χ3n) is 1.89. The Labute approximate surface area is 60.7 Å². The highest BCUT2D eigenvalue weighted by molar-refractivity contribution is 5.72. The van der Waals surface area contributed by atoms with Gasteiger partial charge in [-0.25, -0.2) is 4.79 Å². The Bertz CT molecular complexity index is 129. The summed E-state index contributed by atoms with van der Waals surface area (Å²) < 4.78 is 0. The molecule has 1 unspecified atom stereocenters. The van der Waals surface area contributed by atoms with Gasteiger partial charge in [0.15, 0.2) is 6.10 Å². The van der Waals surface area contributed by atoms with E-state index in [4.69, 9.17) is 10.2 Å². The lowest BCUT2D eigenvalue weighted by Crippen LogP contribution is -2.35. The van der Waals surface area contributed by atoms with Crippen molar-refractivity contribution < 1.29 is 15.0 Å². The van der Waals surface area contributed by atoms with Crippen LogP contribution >= 0.6 is 0 Å². The smallest absolute Gasteiger partial charge is 0.333 e. The maximum Gasteiger partial charge on any atom is 0.333 e. The summed E-state index contributed by atoms with van der Waals surface area (Å²) in [6.07, 6.45) is -0.599. The van der Waals surface area contributed by atoms with Crippen LogP contribution in [0.2, 0.25) is 0 Å². The molecule has 0 saturated heterocycles. The number of carboxylic acid groups (broad SMARTS) is 1. The van der Waals surface area contributed by atoms with Crippen LogP contribution in [-0.2, 0) is 4.79 Å². The summed E-state index contributed by atoms with van der Waals surface area (Å²) in [6.45, 7) is 5.31. The number of aliphatic hydroxyl groups is 1. The van der Waals surface area contributed by atoms with Crippen molar-refractivity contribution >= 4 is 5.97 Å². The van der Waals surface area contributed by atoms with Gasteiger partial charge in [-0.1, -0.05) is 20.8 Å². The van der Waals surface area contributed by atoms with Gasteiger partial charge < -0.3 is 10.2 Å². The third kappa shape index (κ3) is 1.99. The number of hydrogen-bond acceptors (Lipinski definition) is 2. The Morgan fingerprint density at radius 2 is 2.00 bits per heavy atom. The van der Waals surface area contributed by atoms with E-state index in [-0.39, 0.29) is 0 Å². The number of aliphatic hydroxyl groups excluding tert-OH is 1. The summed E-state index contributed by atoms with van der Waals surface area (Å²) in [5.41, 5.74) is -0.522. The second-order valence-electron chi connectivity index (χ2n) is 3.08. The highest BCUT2D eigenvalue weighted by atomic mass is 16.4. The van der Waals surface area contributed by atoms with Crippen LogP contribution in [0.1, 0.15) is 27.2 Å². The van der Waals surface area contributed by atoms with E-state index in [0.717, 1.165) is 0 Å². The van der Waals surface area contributed by atoms with E-state index in [2.05, 4.69) is 0 Å². The number of aliphatic carboxylic acids is 1. The molecule has 0 aromatic heterocycles. The van der Waals surface area contributed by atoms with Crippen molar-refractivity contribution in [1.29, 1.82) is 0 Å². The first-order valence-corrected chi connectivity index (χ1v) is 3.32. The topological polar surface area (TPSA) is 57.5 Å². The lowest BCUT2D eigenvalue weighted by Gasteiger charge is -2.25. The molecule has 1 atom stereocenters. The quantitative estimate of drug-likeness (QED) is 0.621. The SMILES string of the molecule is CCC(C)(C)C(O)C(=O)O. The predicted octanol–water partition coefficient (Wildman–Crippen LogP) is 0.868. The molecule has 2 N–H and O–H groups in total. The van der Waals surface area contributed by atoms with Gasteiger partial charge in [0.1, 0.15) is 0 Å². The average Bonchev–Trinajstić information content (AvgIpc) is 1.86. The Morgan fingerprint density at radius 1 is 1.60 bits per heavy atom. The fourth-order valence-electron chi connectivity index (χ4n) is 0.528. The highest BCUT2D eigenvalue weighted by Gasteiger charge is 2.31. The second kappa shape index (κ2) is 3.01. The minimum absolute atomic E-state index is 0.522. The van der Waals surface area contributed by atoms with E-state index >= 15 is 0 Å². The number of carbonyl (C=O) groups is 1. The van der Waals surface area contributed by atoms with Gasteiger partial charge in [0.2, 0.25) is 0 Å². The van der Waals surface area contributed by atoms with E-state index in [0.29, 0.717) is 6.42 Å². The lowest BCUT2D eigenvalue weighted by molar-refractivity contribution is -0.153. The maximum atomic E-state index is 10.3. The zero-order valence-corrected chi connectivity index (χ0v) is 6.59. The Kier molecular flexibility index (Phi) is 2.84. The summed E-state index contributed by atoms with van der Waals surface area (Å²) in [4.78, 5) is 10.3. The van der Waals surface area contributed by atoms with Crippen molar-refractivity contribution in [2.24, 2.45) is 5.41 Å². The molecule has 0 radical (unpaired) electrons. The van der Waals surface area contributed by atoms with Gasteiger partial charge in [0, 0.05) is 5.41 Å². The first-order chi connectivity index (χ1) is 4.41. The molecule has 0 aromatic rings. The lowest BCUT2D eigenvalue weighted by atomic mass is 9.84. The predicted molar refractivity (Wildman–Crippen MR) is 37.7 cm³/mol. The molecule has 0 spiro atoms. The summed E-state index contributed by atoms with van der Waals surface area (Å²) in [5, 5.41) is 17.5. The van der Waals surface area contributed by atoms with E-state index < -0.39 is 17.5 Å². The molecule has 0 aromatic carbocycles. The van der Waals surface area contributed by atoms with Crippen LogP contribution in [0, 0.1) is 5.41 Å². The summed E-state index contributed by atoms with van der Waals surface area (Å²) in [7, 11) is 0. The van der Waals surface area contributed by atoms with Crippen molar-refractivity contribution in [3.8, 4) is 0 Å². The van der Waals surface area contributed by atoms with Crippen molar-refractivity contribution in [3.05, 3.63) is 0 Å². The van der Waals surface area contributed by atoms with Gasteiger partial charge in [-0.2, -0.15) is 0 Å². The van der Waals surface area contributed by atoms with E-state index in [1.54, 1.807) is 13.8 Å². The molecule has 0 bridgehead atoms. The second-order valence-corrected chi connectivity index (χ2v) is 3.08. The van der Waals surface area contributed by atoms with E-state index in [1.165, 1.54) is 0 Å². The van der Waals surface area contributed by atoms with Crippen LogP contribution in [-0.4, -0.2) is 22.3 Å². The van der Waals surface area contributed by atoms with Gasteiger partial charge in [-0.15, -0.1) is 0 Å². The van der Waals surface area contributed by atoms with Crippen molar-refractivity contribution in [2.45, 2.75) is 33.3 Å². The van der Waals surface area contributed by atoms with Crippen LogP contribution in [0.3, 0.4) is 0 Å². The van der Waals surface area contributed by atoms with Crippen molar-refractivity contribution in [1.82, 2.24) is 0 Å². The largest absolute Gasteiger partial charge is 0.479 e. The normalized spacial score (nSPS) is 14.8. The molecule has 60 valence electrons. The molecule has 0 aliphatic carbocycles. The van der Waals surface area contributed by atoms with Gasteiger partial charge >= 0.3 is 5.97 Å². The van der Waals surface area contributed by atoms with Crippen LogP contribution in [0.4, 0.5) is 0 Å². The first-order valence-electron chi connectivity index (χ1n) is 3.32. The van der Waals surface area contributed by atoms with Gasteiger partial charge in [0.25, 0.3) is 0 Å². The first kappa shape index (κ1) is 9.43. The van der Waals surface area contributed by atoms with Crippen molar-refractivity contribution in [3.63, 3.8) is 0 Å². The van der Waals surface area contributed by atoms with Gasteiger partial charge in [-0.05, 0) is 6.42 Å². The van der Waals surface area contributed by atoms with Gasteiger partial charge in [-0.3, -0.25) is 0 Å². The molecule has 0 aliphatic rings. The molecular formula is C7H14O3. The molecule has 10 heavy (non-hydrogen) atoms. The maximum absolute atomic E-state index is 10.3. The summed E-state index contributed by atoms with van der Waals surface area (Å²) in [6, 6.07) is 0. The Hall–Kier alpha value is -0.570. The third-order valence-corrected chi connectivity index (χ3v) is 1.89. The molecular weight excluding hydrogens is 132 g/mol.